The van der Waals surface area contributed by atoms with Crippen LogP contribution in [0.4, 0.5) is 18.9 Å². The molecule has 1 aliphatic rings. The highest BCUT2D eigenvalue weighted by atomic mass is 32.1. The minimum atomic E-state index is -1.66. The van der Waals surface area contributed by atoms with E-state index in [-0.39, 0.29) is 5.91 Å². The van der Waals surface area contributed by atoms with Crippen molar-refractivity contribution in [2.24, 2.45) is 0 Å². The van der Waals surface area contributed by atoms with Gasteiger partial charge < -0.3 is 10.6 Å². The van der Waals surface area contributed by atoms with E-state index in [4.69, 9.17) is 0 Å². The van der Waals surface area contributed by atoms with Crippen molar-refractivity contribution in [2.75, 3.05) is 11.9 Å². The van der Waals surface area contributed by atoms with Gasteiger partial charge in [0.25, 0.3) is 5.91 Å². The Kier molecular flexibility index (Phi) is 5.08. The fourth-order valence-electron chi connectivity index (χ4n) is 2.76. The number of thiophene rings is 1. The molecular formula is C17H15F3N2O2S. The van der Waals surface area contributed by atoms with Crippen molar-refractivity contribution in [2.45, 2.75) is 25.7 Å². The Balaban J connectivity index is 1.60. The molecule has 1 heterocycles. The molecule has 0 fully saturated rings. The van der Waals surface area contributed by atoms with Crippen LogP contribution in [0.3, 0.4) is 0 Å². The van der Waals surface area contributed by atoms with Gasteiger partial charge in [0.2, 0.25) is 5.91 Å². The van der Waals surface area contributed by atoms with Crippen LogP contribution in [0.1, 0.15) is 33.6 Å². The zero-order valence-electron chi connectivity index (χ0n) is 13.1. The Hall–Kier alpha value is -2.35. The average Bonchev–Trinajstić information content (AvgIpc) is 3.04. The van der Waals surface area contributed by atoms with Crippen LogP contribution in [0.25, 0.3) is 0 Å². The molecule has 132 valence electrons. The standard InChI is InChI=1S/C17H15F3N2O2S/c18-11-5-6-12(16(20)15(11)19)22-14(23)7-21-17(24)10-8-25-13-4-2-1-3-9(10)13/h5-6,8H,1-4,7H2,(H,21,24)(H,22,23). The van der Waals surface area contributed by atoms with Crippen LogP contribution in [0.15, 0.2) is 17.5 Å². The molecule has 0 unspecified atom stereocenters. The van der Waals surface area contributed by atoms with Crippen molar-refractivity contribution in [1.82, 2.24) is 5.32 Å². The van der Waals surface area contributed by atoms with E-state index in [0.29, 0.717) is 11.6 Å². The molecule has 2 N–H and O–H groups in total. The van der Waals surface area contributed by atoms with Gasteiger partial charge in [0.1, 0.15) is 0 Å². The molecule has 2 aromatic rings. The predicted octanol–water partition coefficient (Wildman–Crippen LogP) is 3.41. The van der Waals surface area contributed by atoms with E-state index >= 15 is 0 Å². The first-order chi connectivity index (χ1) is 12.0. The first-order valence-corrected chi connectivity index (χ1v) is 8.66. The minimum absolute atomic E-state index is 0.375. The summed E-state index contributed by atoms with van der Waals surface area (Å²) >= 11 is 1.53. The summed E-state index contributed by atoms with van der Waals surface area (Å²) < 4.78 is 39.5. The van der Waals surface area contributed by atoms with E-state index in [1.165, 1.54) is 16.2 Å². The monoisotopic (exact) mass is 368 g/mol. The summed E-state index contributed by atoms with van der Waals surface area (Å²) in [6.45, 7) is -0.401. The van der Waals surface area contributed by atoms with Gasteiger partial charge in [0.15, 0.2) is 17.5 Å². The Bertz CT molecular complexity index is 836. The fraction of sp³-hybridized carbons (Fsp3) is 0.294. The second-order valence-electron chi connectivity index (χ2n) is 5.71. The number of carbonyl (C=O) groups excluding carboxylic acids is 2. The highest BCUT2D eigenvalue weighted by Crippen LogP contribution is 2.30. The number of hydrogen-bond acceptors (Lipinski definition) is 3. The van der Waals surface area contributed by atoms with Gasteiger partial charge in [-0.05, 0) is 43.4 Å². The van der Waals surface area contributed by atoms with E-state index in [9.17, 15) is 22.8 Å². The molecule has 0 atom stereocenters. The molecule has 8 heteroatoms. The van der Waals surface area contributed by atoms with Crippen molar-refractivity contribution >= 4 is 28.8 Å². The number of halogens is 3. The molecule has 3 rings (SSSR count). The second-order valence-corrected chi connectivity index (χ2v) is 6.68. The summed E-state index contributed by atoms with van der Waals surface area (Å²) in [4.78, 5) is 25.2. The second kappa shape index (κ2) is 7.26. The van der Waals surface area contributed by atoms with E-state index in [2.05, 4.69) is 10.6 Å². The number of anilines is 1. The number of aryl methyl sites for hydroxylation is 1. The van der Waals surface area contributed by atoms with Gasteiger partial charge in [-0.3, -0.25) is 9.59 Å². The van der Waals surface area contributed by atoms with Gasteiger partial charge in [-0.2, -0.15) is 0 Å². The first-order valence-electron chi connectivity index (χ1n) is 7.78. The highest BCUT2D eigenvalue weighted by molar-refractivity contribution is 7.10. The molecule has 25 heavy (non-hydrogen) atoms. The Morgan fingerprint density at radius 2 is 1.84 bits per heavy atom. The highest BCUT2D eigenvalue weighted by Gasteiger charge is 2.21. The van der Waals surface area contributed by atoms with Crippen LogP contribution >= 0.6 is 11.3 Å². The maximum atomic E-state index is 13.5. The first kappa shape index (κ1) is 17.5. The van der Waals surface area contributed by atoms with Crippen LogP contribution in [-0.4, -0.2) is 18.4 Å². The van der Waals surface area contributed by atoms with E-state index < -0.39 is 35.6 Å². The summed E-state index contributed by atoms with van der Waals surface area (Å²) in [6, 6.07) is 1.63. The van der Waals surface area contributed by atoms with Gasteiger partial charge in [-0.25, -0.2) is 13.2 Å². The molecule has 1 aromatic heterocycles. The third kappa shape index (κ3) is 3.68. The van der Waals surface area contributed by atoms with Crippen molar-refractivity contribution in [3.05, 3.63) is 51.0 Å². The molecule has 4 nitrogen and oxygen atoms in total. The molecular weight excluding hydrogens is 353 g/mol. The van der Waals surface area contributed by atoms with Gasteiger partial charge in [0.05, 0.1) is 17.8 Å². The molecule has 1 aliphatic carbocycles. The van der Waals surface area contributed by atoms with Crippen molar-refractivity contribution in [3.8, 4) is 0 Å². The molecule has 0 spiro atoms. The van der Waals surface area contributed by atoms with E-state index in [1.807, 2.05) is 0 Å². The Morgan fingerprint density at radius 1 is 1.08 bits per heavy atom. The van der Waals surface area contributed by atoms with Crippen LogP contribution in [-0.2, 0) is 17.6 Å². The number of fused-ring (bicyclic) bond motifs is 1. The lowest BCUT2D eigenvalue weighted by Crippen LogP contribution is -2.33. The summed E-state index contributed by atoms with van der Waals surface area (Å²) in [5.74, 6) is -5.59. The largest absolute Gasteiger partial charge is 0.343 e. The number of benzene rings is 1. The summed E-state index contributed by atoms with van der Waals surface area (Å²) in [5, 5.41) is 6.35. The topological polar surface area (TPSA) is 58.2 Å². The lowest BCUT2D eigenvalue weighted by atomic mass is 9.96. The number of carbonyl (C=O) groups is 2. The minimum Gasteiger partial charge on any atom is -0.343 e. The van der Waals surface area contributed by atoms with Gasteiger partial charge in [-0.1, -0.05) is 0 Å². The zero-order valence-corrected chi connectivity index (χ0v) is 13.9. The predicted molar refractivity (Wildman–Crippen MR) is 88.2 cm³/mol. The van der Waals surface area contributed by atoms with Gasteiger partial charge in [-0.15, -0.1) is 11.3 Å². The van der Waals surface area contributed by atoms with Crippen molar-refractivity contribution < 1.29 is 22.8 Å². The summed E-state index contributed by atoms with van der Waals surface area (Å²) in [6.07, 6.45) is 3.94. The number of amides is 2. The van der Waals surface area contributed by atoms with Gasteiger partial charge in [0, 0.05) is 10.3 Å². The molecule has 2 amide bonds. The molecule has 0 radical (unpaired) electrons. The quantitative estimate of drug-likeness (QED) is 0.813. The molecule has 0 bridgehead atoms. The molecule has 0 aliphatic heterocycles. The molecule has 1 aromatic carbocycles. The van der Waals surface area contributed by atoms with Gasteiger partial charge >= 0.3 is 0 Å². The summed E-state index contributed by atoms with van der Waals surface area (Å²) in [7, 11) is 0. The zero-order chi connectivity index (χ0) is 18.0. The number of rotatable bonds is 4. The Morgan fingerprint density at radius 3 is 2.64 bits per heavy atom. The maximum Gasteiger partial charge on any atom is 0.252 e. The third-order valence-corrected chi connectivity index (χ3v) is 5.11. The van der Waals surface area contributed by atoms with E-state index in [0.717, 1.165) is 37.3 Å². The van der Waals surface area contributed by atoms with Crippen LogP contribution in [0.5, 0.6) is 0 Å². The number of hydrogen-bond donors (Lipinski definition) is 2. The van der Waals surface area contributed by atoms with E-state index in [1.54, 1.807) is 5.38 Å². The van der Waals surface area contributed by atoms with Crippen LogP contribution in [0.2, 0.25) is 0 Å². The lowest BCUT2D eigenvalue weighted by Gasteiger charge is -2.13. The summed E-state index contributed by atoms with van der Waals surface area (Å²) in [5.41, 5.74) is 1.11. The van der Waals surface area contributed by atoms with Crippen LogP contribution < -0.4 is 10.6 Å². The third-order valence-electron chi connectivity index (χ3n) is 4.02. The van der Waals surface area contributed by atoms with Crippen molar-refractivity contribution in [1.29, 1.82) is 0 Å². The SMILES string of the molecule is O=C(CNC(=O)c1csc2c1CCCC2)Nc1ccc(F)c(F)c1F. The lowest BCUT2D eigenvalue weighted by molar-refractivity contribution is -0.115. The normalized spacial score (nSPS) is 13.2. The molecule has 0 saturated carbocycles. The fourth-order valence-corrected chi connectivity index (χ4v) is 3.88. The maximum absolute atomic E-state index is 13.5. The molecule has 0 saturated heterocycles. The van der Waals surface area contributed by atoms with Crippen molar-refractivity contribution in [3.63, 3.8) is 0 Å². The Labute approximate surface area is 146 Å². The smallest absolute Gasteiger partial charge is 0.252 e. The number of nitrogens with one attached hydrogen (secondary N) is 2. The average molecular weight is 368 g/mol. The van der Waals surface area contributed by atoms with Crippen LogP contribution in [0, 0.1) is 17.5 Å².